The van der Waals surface area contributed by atoms with E-state index < -0.39 is 23.8 Å². The number of hydrogen-bond donors (Lipinski definition) is 2. The number of methoxy groups -OCH3 is 2. The van der Waals surface area contributed by atoms with Crippen molar-refractivity contribution in [2.75, 3.05) is 20.8 Å². The minimum absolute atomic E-state index is 0.0962. The number of aliphatic hydroxyl groups excluding tert-OH is 1. The number of carbonyl (C=O) groups excluding carboxylic acids is 1. The van der Waals surface area contributed by atoms with Crippen LogP contribution in [0.4, 0.5) is 4.79 Å². The number of likely N-dealkylation sites (tertiary alicyclic amines) is 2. The summed E-state index contributed by atoms with van der Waals surface area (Å²) in [6.07, 6.45) is -1.93. The van der Waals surface area contributed by atoms with E-state index in [9.17, 15) is 19.8 Å². The second-order valence-electron chi connectivity index (χ2n) is 7.61. The molecule has 0 bridgehead atoms. The van der Waals surface area contributed by atoms with Crippen molar-refractivity contribution in [1.29, 1.82) is 0 Å². The van der Waals surface area contributed by atoms with Gasteiger partial charge in [-0.2, -0.15) is 0 Å². The van der Waals surface area contributed by atoms with Crippen molar-refractivity contribution in [1.82, 2.24) is 9.80 Å². The lowest BCUT2D eigenvalue weighted by Crippen LogP contribution is -2.78. The molecule has 8 heteroatoms. The fraction of sp³-hybridized carbons (Fsp3) is 0.364. The Hall–Kier alpha value is -3.26. The maximum Gasteiger partial charge on any atom is 0.408 e. The molecular weight excluding hydrogens is 388 g/mol. The van der Waals surface area contributed by atoms with Gasteiger partial charge in [0.05, 0.1) is 32.9 Å². The highest BCUT2D eigenvalue weighted by atomic mass is 16.5. The average Bonchev–Trinajstić information content (AvgIpc) is 3.02. The van der Waals surface area contributed by atoms with Gasteiger partial charge in [0, 0.05) is 13.0 Å². The van der Waals surface area contributed by atoms with Crippen LogP contribution in [0.2, 0.25) is 0 Å². The van der Waals surface area contributed by atoms with E-state index in [0.29, 0.717) is 11.5 Å². The van der Waals surface area contributed by atoms with Crippen LogP contribution in [0, 0.1) is 0 Å². The van der Waals surface area contributed by atoms with Crippen LogP contribution in [-0.2, 0) is 17.8 Å². The summed E-state index contributed by atoms with van der Waals surface area (Å²) in [5.74, 6) is 0.815. The molecule has 0 spiro atoms. The molecule has 158 valence electrons. The lowest BCUT2D eigenvalue weighted by Gasteiger charge is -2.55. The molecule has 3 atom stereocenters. The van der Waals surface area contributed by atoms with Crippen LogP contribution in [0.15, 0.2) is 48.5 Å². The number of amides is 2. The molecule has 2 N–H and O–H groups in total. The predicted molar refractivity (Wildman–Crippen MR) is 107 cm³/mol. The summed E-state index contributed by atoms with van der Waals surface area (Å²) >= 11 is 0. The highest BCUT2D eigenvalue weighted by Crippen LogP contribution is 2.47. The molecule has 0 unspecified atom stereocenters. The molecule has 0 aromatic heterocycles. The van der Waals surface area contributed by atoms with Crippen molar-refractivity contribution >= 4 is 12.0 Å². The van der Waals surface area contributed by atoms with Gasteiger partial charge in [-0.15, -0.1) is 0 Å². The first-order valence-electron chi connectivity index (χ1n) is 9.67. The number of hydrogen-bond acceptors (Lipinski definition) is 5. The molecule has 2 saturated heterocycles. The number of rotatable bonds is 6. The zero-order chi connectivity index (χ0) is 21.5. The molecule has 0 saturated carbocycles. The van der Waals surface area contributed by atoms with Gasteiger partial charge in [-0.3, -0.25) is 9.69 Å². The van der Waals surface area contributed by atoms with Crippen molar-refractivity contribution in [2.45, 2.75) is 30.7 Å². The normalized spacial score (nSPS) is 25.0. The number of β-amino-alcohol motifs (C(OH)–C–C–N with tert-alkyl or cyclic N) is 1. The minimum Gasteiger partial charge on any atom is -0.493 e. The second kappa shape index (κ2) is 7.53. The van der Waals surface area contributed by atoms with Gasteiger partial charge in [0.25, 0.3) is 5.91 Å². The van der Waals surface area contributed by atoms with Crippen molar-refractivity contribution in [2.24, 2.45) is 0 Å². The molecule has 2 aliphatic heterocycles. The van der Waals surface area contributed by atoms with Crippen LogP contribution < -0.4 is 9.47 Å². The third kappa shape index (κ3) is 2.95. The third-order valence-corrected chi connectivity index (χ3v) is 6.02. The summed E-state index contributed by atoms with van der Waals surface area (Å²) < 4.78 is 10.6. The van der Waals surface area contributed by atoms with Gasteiger partial charge >= 0.3 is 6.09 Å². The topological polar surface area (TPSA) is 99.5 Å². The number of carboxylic acid groups (broad SMARTS) is 1. The Morgan fingerprint density at radius 3 is 2.43 bits per heavy atom. The standard InChI is InChI=1S/C22H24N2O6/c1-29-17-9-8-15(10-18(17)30-2)12-23-19-16(25)13-24(21(27)28)22(19,20(23)26)11-14-6-4-3-5-7-14/h3-10,16,19,25H,11-13H2,1-2H3,(H,27,28)/t16-,19-,22+/m1/s1. The first kappa shape index (κ1) is 20.0. The number of carbonyl (C=O) groups is 2. The fourth-order valence-corrected chi connectivity index (χ4v) is 4.72. The summed E-state index contributed by atoms with van der Waals surface area (Å²) in [5, 5.41) is 20.4. The molecule has 0 radical (unpaired) electrons. The SMILES string of the molecule is COc1ccc(CN2C(=O)[C@]3(Cc4ccccc4)[C@H]2[C@H](O)CN3C(=O)O)cc1OC. The Bertz CT molecular complexity index is 965. The van der Waals surface area contributed by atoms with E-state index in [-0.39, 0.29) is 25.4 Å². The number of benzene rings is 2. The lowest BCUT2D eigenvalue weighted by atomic mass is 9.74. The molecule has 2 heterocycles. The average molecular weight is 412 g/mol. The van der Waals surface area contributed by atoms with Crippen molar-refractivity contribution < 1.29 is 29.3 Å². The van der Waals surface area contributed by atoms with Crippen LogP contribution in [0.3, 0.4) is 0 Å². The Morgan fingerprint density at radius 1 is 1.10 bits per heavy atom. The number of β-lactam (4-membered cyclic amide) rings is 1. The smallest absolute Gasteiger partial charge is 0.408 e. The van der Waals surface area contributed by atoms with E-state index in [1.165, 1.54) is 7.11 Å². The summed E-state index contributed by atoms with van der Waals surface area (Å²) in [6, 6.07) is 14.0. The number of fused-ring (bicyclic) bond motifs is 1. The summed E-state index contributed by atoms with van der Waals surface area (Å²) in [4.78, 5) is 27.9. The van der Waals surface area contributed by atoms with Gasteiger partial charge in [0.1, 0.15) is 0 Å². The van der Waals surface area contributed by atoms with E-state index in [1.807, 2.05) is 36.4 Å². The van der Waals surface area contributed by atoms with Crippen molar-refractivity contribution in [3.63, 3.8) is 0 Å². The first-order chi connectivity index (χ1) is 14.4. The Kier molecular flexibility index (Phi) is 5.03. The number of nitrogens with zero attached hydrogens (tertiary/aromatic N) is 2. The van der Waals surface area contributed by atoms with Gasteiger partial charge in [-0.05, 0) is 23.3 Å². The summed E-state index contributed by atoms with van der Waals surface area (Å²) in [5.41, 5.74) is 0.362. The van der Waals surface area contributed by atoms with E-state index >= 15 is 0 Å². The maximum absolute atomic E-state index is 13.4. The zero-order valence-corrected chi connectivity index (χ0v) is 16.8. The molecule has 8 nitrogen and oxygen atoms in total. The van der Waals surface area contributed by atoms with Crippen LogP contribution in [0.25, 0.3) is 0 Å². The van der Waals surface area contributed by atoms with Crippen LogP contribution >= 0.6 is 0 Å². The van der Waals surface area contributed by atoms with Gasteiger partial charge in [-0.1, -0.05) is 36.4 Å². The molecular formula is C22H24N2O6. The van der Waals surface area contributed by atoms with Crippen LogP contribution in [0.1, 0.15) is 11.1 Å². The third-order valence-electron chi connectivity index (χ3n) is 6.02. The maximum atomic E-state index is 13.4. The second-order valence-corrected chi connectivity index (χ2v) is 7.61. The van der Waals surface area contributed by atoms with Crippen molar-refractivity contribution in [3.8, 4) is 11.5 Å². The monoisotopic (exact) mass is 412 g/mol. The van der Waals surface area contributed by atoms with Gasteiger partial charge in [0.2, 0.25) is 0 Å². The highest BCUT2D eigenvalue weighted by molar-refractivity contribution is 5.98. The fourth-order valence-electron chi connectivity index (χ4n) is 4.72. The molecule has 30 heavy (non-hydrogen) atoms. The molecule has 4 rings (SSSR count). The van der Waals surface area contributed by atoms with E-state index in [0.717, 1.165) is 16.0 Å². The van der Waals surface area contributed by atoms with Crippen LogP contribution in [-0.4, -0.2) is 70.5 Å². The summed E-state index contributed by atoms with van der Waals surface area (Å²) in [7, 11) is 3.08. The molecule has 2 aromatic carbocycles. The Labute approximate surface area is 174 Å². The molecule has 2 aromatic rings. The number of aliphatic hydroxyl groups is 1. The molecule has 2 fully saturated rings. The van der Waals surface area contributed by atoms with Gasteiger partial charge in [-0.25, -0.2) is 4.79 Å². The summed E-state index contributed by atoms with van der Waals surface area (Å²) in [6.45, 7) is 0.145. The van der Waals surface area contributed by atoms with E-state index in [1.54, 1.807) is 24.1 Å². The highest BCUT2D eigenvalue weighted by Gasteiger charge is 2.71. The van der Waals surface area contributed by atoms with E-state index in [4.69, 9.17) is 9.47 Å². The van der Waals surface area contributed by atoms with Gasteiger partial charge < -0.3 is 24.6 Å². The Morgan fingerprint density at radius 2 is 1.80 bits per heavy atom. The molecule has 0 aliphatic carbocycles. The van der Waals surface area contributed by atoms with Crippen molar-refractivity contribution in [3.05, 3.63) is 59.7 Å². The van der Waals surface area contributed by atoms with E-state index in [2.05, 4.69) is 0 Å². The van der Waals surface area contributed by atoms with Crippen LogP contribution in [0.5, 0.6) is 11.5 Å². The Balaban J connectivity index is 1.65. The largest absolute Gasteiger partial charge is 0.493 e. The molecule has 2 amide bonds. The zero-order valence-electron chi connectivity index (χ0n) is 16.8. The minimum atomic E-state index is -1.29. The molecule has 2 aliphatic rings. The number of ether oxygens (including phenoxy) is 2. The quantitative estimate of drug-likeness (QED) is 0.702. The predicted octanol–water partition coefficient (Wildman–Crippen LogP) is 1.75. The van der Waals surface area contributed by atoms with Gasteiger partial charge in [0.15, 0.2) is 17.0 Å². The lowest BCUT2D eigenvalue weighted by molar-refractivity contribution is -0.172. The first-order valence-corrected chi connectivity index (χ1v) is 9.67.